The Morgan fingerprint density at radius 3 is 1.09 bits per heavy atom. The summed E-state index contributed by atoms with van der Waals surface area (Å²) >= 11 is 0. The van der Waals surface area contributed by atoms with Crippen LogP contribution in [0.3, 0.4) is 0 Å². The van der Waals surface area contributed by atoms with Crippen LogP contribution in [0.4, 0.5) is 0 Å². The van der Waals surface area contributed by atoms with Crippen LogP contribution in [-0.2, 0) is 32.7 Å². The van der Waals surface area contributed by atoms with Crippen molar-refractivity contribution in [3.05, 3.63) is 12.7 Å². The second kappa shape index (κ2) is 130. The summed E-state index contributed by atoms with van der Waals surface area (Å²) in [7, 11) is 0. The number of hydrogen-bond donors (Lipinski definition) is 0. The molecule has 0 aromatic carbocycles. The Bertz CT molecular complexity index is 18.8. The zero-order chi connectivity index (χ0) is 7.41. The molecule has 0 atom stereocenters. The van der Waals surface area contributed by atoms with Gasteiger partial charge in [0.05, 0.1) is 0 Å². The third kappa shape index (κ3) is 1190. The Hall–Kier alpha value is 0.844. The largest absolute Gasteiger partial charge is 0.103 e. The molecule has 0 amide bonds. The number of hydrogen-bond acceptors (Lipinski definition) is 0. The smallest absolute Gasteiger partial charge is 0 e. The Balaban J connectivity index is -0.00000000764. The standard InChI is InChI=1S/C3H8.C3H6.C2H6.2CH4.Y/c2*1-3-2;1-2;;;/h3H2,1-2H3;3H,1H2,2H3;1-2H3;2*1H4;. The summed E-state index contributed by atoms with van der Waals surface area (Å²) in [6.07, 6.45) is 3.00. The molecule has 0 aromatic rings. The fourth-order valence-electron chi connectivity index (χ4n) is 0. The summed E-state index contributed by atoms with van der Waals surface area (Å²) in [6, 6.07) is 0. The van der Waals surface area contributed by atoms with Gasteiger partial charge in [-0.3, -0.25) is 0 Å². The van der Waals surface area contributed by atoms with E-state index in [0.29, 0.717) is 0 Å². The Morgan fingerprint density at radius 1 is 1.09 bits per heavy atom. The van der Waals surface area contributed by atoms with Crippen molar-refractivity contribution >= 4 is 0 Å². The second-order valence-electron chi connectivity index (χ2n) is 1.12. The summed E-state index contributed by atoms with van der Waals surface area (Å²) in [5, 5.41) is 0. The van der Waals surface area contributed by atoms with E-state index in [4.69, 9.17) is 0 Å². The van der Waals surface area contributed by atoms with Crippen LogP contribution >= 0.6 is 0 Å². The first-order chi connectivity index (χ1) is 3.83. The van der Waals surface area contributed by atoms with Gasteiger partial charge in [0.2, 0.25) is 0 Å². The maximum Gasteiger partial charge on any atom is 0 e. The van der Waals surface area contributed by atoms with Crippen LogP contribution < -0.4 is 0 Å². The van der Waals surface area contributed by atoms with Gasteiger partial charge in [-0.1, -0.05) is 55.0 Å². The van der Waals surface area contributed by atoms with Crippen LogP contribution in [0.15, 0.2) is 12.7 Å². The first-order valence-corrected chi connectivity index (χ1v) is 3.40. The molecule has 0 aliphatic heterocycles. The molecule has 0 fully saturated rings. The summed E-state index contributed by atoms with van der Waals surface area (Å²) in [5.74, 6) is 0. The molecule has 0 aliphatic rings. The normalized spacial score (nSPS) is 3.36. The fourth-order valence-corrected chi connectivity index (χ4v) is 0. The average Bonchev–Trinajstić information content (AvgIpc) is 1.75. The summed E-state index contributed by atoms with van der Waals surface area (Å²) in [4.78, 5) is 0. The van der Waals surface area contributed by atoms with Gasteiger partial charge in [0.1, 0.15) is 0 Å². The molecule has 1 radical (unpaired) electrons. The van der Waals surface area contributed by atoms with Crippen LogP contribution in [0.2, 0.25) is 0 Å². The van der Waals surface area contributed by atoms with Crippen molar-refractivity contribution in [3.63, 3.8) is 0 Å². The SMILES string of the molecule is C.C.C=CC.CC.CCC.[Y]. The third-order valence-corrected chi connectivity index (χ3v) is 0. The van der Waals surface area contributed by atoms with Gasteiger partial charge in [-0.05, 0) is 6.92 Å². The molecule has 11 heavy (non-hydrogen) atoms. The average molecular weight is 237 g/mol. The van der Waals surface area contributed by atoms with E-state index in [1.165, 1.54) is 6.42 Å². The molecule has 0 rings (SSSR count). The van der Waals surface area contributed by atoms with Crippen molar-refractivity contribution < 1.29 is 32.7 Å². The van der Waals surface area contributed by atoms with E-state index in [-0.39, 0.29) is 47.6 Å². The van der Waals surface area contributed by atoms with E-state index in [9.17, 15) is 0 Å². The third-order valence-electron chi connectivity index (χ3n) is 0. The van der Waals surface area contributed by atoms with Crippen LogP contribution in [0.5, 0.6) is 0 Å². The van der Waals surface area contributed by atoms with E-state index in [1.54, 1.807) is 6.08 Å². The van der Waals surface area contributed by atoms with Crippen molar-refractivity contribution in [2.45, 2.75) is 55.9 Å². The van der Waals surface area contributed by atoms with E-state index in [0.717, 1.165) is 0 Å². The minimum atomic E-state index is 0. The van der Waals surface area contributed by atoms with Gasteiger partial charge >= 0.3 is 0 Å². The summed E-state index contributed by atoms with van der Waals surface area (Å²) < 4.78 is 0. The molecule has 1 heteroatoms. The zero-order valence-corrected chi connectivity index (χ0v) is 10.4. The molecule has 0 N–H and O–H groups in total. The van der Waals surface area contributed by atoms with Crippen LogP contribution in [0.1, 0.15) is 55.9 Å². The van der Waals surface area contributed by atoms with Gasteiger partial charge < -0.3 is 0 Å². The van der Waals surface area contributed by atoms with Gasteiger partial charge in [0.15, 0.2) is 0 Å². The molecule has 0 saturated carbocycles. The fraction of sp³-hybridized carbons (Fsp3) is 0.800. The summed E-state index contributed by atoms with van der Waals surface area (Å²) in [6.45, 7) is 13.5. The van der Waals surface area contributed by atoms with Gasteiger partial charge in [-0.25, -0.2) is 0 Å². The molecule has 0 heterocycles. The van der Waals surface area contributed by atoms with Crippen molar-refractivity contribution in [3.8, 4) is 0 Å². The molecule has 71 valence electrons. The number of allylic oxidation sites excluding steroid dienone is 1. The number of rotatable bonds is 0. The molecule has 0 unspecified atom stereocenters. The van der Waals surface area contributed by atoms with Crippen LogP contribution in [0, 0.1) is 0 Å². The van der Waals surface area contributed by atoms with Crippen LogP contribution in [-0.4, -0.2) is 0 Å². The molecule has 0 aromatic heterocycles. The molecule has 0 saturated heterocycles. The molecule has 0 bridgehead atoms. The minimum absolute atomic E-state index is 0. The summed E-state index contributed by atoms with van der Waals surface area (Å²) in [5.41, 5.74) is 0. The van der Waals surface area contributed by atoms with E-state index in [2.05, 4.69) is 20.4 Å². The Labute approximate surface area is 101 Å². The molecular formula is C10H28Y. The predicted octanol–water partition coefficient (Wildman–Crippen LogP) is 4.90. The molecule has 0 nitrogen and oxygen atoms in total. The van der Waals surface area contributed by atoms with E-state index < -0.39 is 0 Å². The van der Waals surface area contributed by atoms with Gasteiger partial charge in [-0.15, -0.1) is 6.58 Å². The second-order valence-corrected chi connectivity index (χ2v) is 1.12. The van der Waals surface area contributed by atoms with E-state index in [1.807, 2.05) is 20.8 Å². The van der Waals surface area contributed by atoms with Crippen molar-refractivity contribution in [2.75, 3.05) is 0 Å². The van der Waals surface area contributed by atoms with Gasteiger partial charge in [0, 0.05) is 32.7 Å². The topological polar surface area (TPSA) is 0 Å². The Kier molecular flexibility index (Phi) is 482. The van der Waals surface area contributed by atoms with Gasteiger partial charge in [0.25, 0.3) is 0 Å². The quantitative estimate of drug-likeness (QED) is 0.525. The molecule has 0 aliphatic carbocycles. The first kappa shape index (κ1) is 40.8. The predicted molar refractivity (Wildman–Crippen MR) is 56.6 cm³/mol. The Morgan fingerprint density at radius 2 is 1.09 bits per heavy atom. The minimum Gasteiger partial charge on any atom is -0.103 e. The monoisotopic (exact) mass is 237 g/mol. The maximum atomic E-state index is 3.36. The van der Waals surface area contributed by atoms with Crippen molar-refractivity contribution in [2.24, 2.45) is 0 Å². The molecule has 0 spiro atoms. The van der Waals surface area contributed by atoms with Crippen molar-refractivity contribution in [1.82, 2.24) is 0 Å². The van der Waals surface area contributed by atoms with Crippen molar-refractivity contribution in [1.29, 1.82) is 0 Å². The van der Waals surface area contributed by atoms with Crippen LogP contribution in [0.25, 0.3) is 0 Å². The van der Waals surface area contributed by atoms with E-state index >= 15 is 0 Å². The zero-order valence-electron chi connectivity index (χ0n) is 7.57. The maximum absolute atomic E-state index is 3.36. The van der Waals surface area contributed by atoms with Gasteiger partial charge in [-0.2, -0.15) is 0 Å². The molecular weight excluding hydrogens is 209 g/mol. The first-order valence-electron chi connectivity index (χ1n) is 3.40.